The van der Waals surface area contributed by atoms with Crippen LogP contribution in [0.3, 0.4) is 0 Å². The van der Waals surface area contributed by atoms with Crippen molar-refractivity contribution in [2.75, 3.05) is 20.3 Å². The molecule has 0 aliphatic carbocycles. The number of fused-ring (bicyclic) bond motifs is 1. The molecule has 1 aliphatic heterocycles. The Morgan fingerprint density at radius 1 is 1.28 bits per heavy atom. The van der Waals surface area contributed by atoms with E-state index in [2.05, 4.69) is 4.74 Å². The van der Waals surface area contributed by atoms with E-state index < -0.39 is 15.0 Å². The zero-order valence-corrected chi connectivity index (χ0v) is 10.9. The smallest absolute Gasteiger partial charge is 0.339 e. The Hall–Kier alpha value is -1.47. The second kappa shape index (κ2) is 4.66. The van der Waals surface area contributed by atoms with Gasteiger partial charge in [-0.25, -0.2) is 13.2 Å². The number of halogens is 1. The topological polar surface area (TPSA) is 78.9 Å². The first-order valence-corrected chi connectivity index (χ1v) is 7.21. The normalized spacial score (nSPS) is 14.1. The van der Waals surface area contributed by atoms with Gasteiger partial charge in [-0.15, -0.1) is 0 Å². The first-order chi connectivity index (χ1) is 8.43. The van der Waals surface area contributed by atoms with Crippen molar-refractivity contribution in [1.82, 2.24) is 0 Å². The standard InChI is InChI=1S/C10H9ClO6S/c1-15-10(12)6-4-7-8(17-3-2-16-7)5-9(6)18(11,13)14/h4-5H,2-3H2,1H3. The lowest BCUT2D eigenvalue weighted by atomic mass is 10.2. The van der Waals surface area contributed by atoms with Crippen LogP contribution in [-0.2, 0) is 13.8 Å². The summed E-state index contributed by atoms with van der Waals surface area (Å²) in [6.45, 7) is 0.618. The predicted octanol–water partition coefficient (Wildman–Crippen LogP) is 1.17. The van der Waals surface area contributed by atoms with Gasteiger partial charge in [0.15, 0.2) is 11.5 Å². The van der Waals surface area contributed by atoms with Crippen LogP contribution < -0.4 is 9.47 Å². The molecule has 0 saturated carbocycles. The van der Waals surface area contributed by atoms with E-state index in [4.69, 9.17) is 20.2 Å². The van der Waals surface area contributed by atoms with Gasteiger partial charge in [0, 0.05) is 16.7 Å². The second-order valence-corrected chi connectivity index (χ2v) is 5.96. The third kappa shape index (κ3) is 2.37. The third-order valence-corrected chi connectivity index (χ3v) is 3.67. The lowest BCUT2D eigenvalue weighted by Crippen LogP contribution is -2.17. The lowest BCUT2D eigenvalue weighted by Gasteiger charge is -2.19. The number of esters is 1. The van der Waals surface area contributed by atoms with Crippen LogP contribution in [0.15, 0.2) is 17.0 Å². The van der Waals surface area contributed by atoms with Gasteiger partial charge in [-0.05, 0) is 6.07 Å². The Kier molecular flexibility index (Phi) is 3.36. The van der Waals surface area contributed by atoms with Crippen LogP contribution in [0.5, 0.6) is 11.5 Å². The summed E-state index contributed by atoms with van der Waals surface area (Å²) in [5.41, 5.74) is -0.184. The number of hydrogen-bond donors (Lipinski definition) is 0. The Balaban J connectivity index is 2.66. The Bertz CT molecular complexity index is 595. The van der Waals surface area contributed by atoms with Gasteiger partial charge in [-0.1, -0.05) is 0 Å². The van der Waals surface area contributed by atoms with Crippen molar-refractivity contribution in [3.05, 3.63) is 17.7 Å². The molecule has 0 spiro atoms. The quantitative estimate of drug-likeness (QED) is 0.601. The van der Waals surface area contributed by atoms with Crippen molar-refractivity contribution in [1.29, 1.82) is 0 Å². The molecule has 0 N–H and O–H groups in total. The van der Waals surface area contributed by atoms with E-state index in [1.807, 2.05) is 0 Å². The molecule has 0 saturated heterocycles. The van der Waals surface area contributed by atoms with Crippen molar-refractivity contribution in [2.24, 2.45) is 0 Å². The molecule has 0 fully saturated rings. The Morgan fingerprint density at radius 3 is 2.33 bits per heavy atom. The lowest BCUT2D eigenvalue weighted by molar-refractivity contribution is 0.0595. The molecule has 2 rings (SSSR count). The summed E-state index contributed by atoms with van der Waals surface area (Å²) in [5, 5.41) is 0. The molecule has 1 aromatic carbocycles. The van der Waals surface area contributed by atoms with Crippen molar-refractivity contribution in [3.63, 3.8) is 0 Å². The van der Waals surface area contributed by atoms with Crippen molar-refractivity contribution in [2.45, 2.75) is 4.90 Å². The first kappa shape index (κ1) is 13.0. The molecule has 0 atom stereocenters. The number of methoxy groups -OCH3 is 1. The van der Waals surface area contributed by atoms with E-state index in [-0.39, 0.29) is 22.0 Å². The summed E-state index contributed by atoms with van der Waals surface area (Å²) in [7, 11) is 2.33. The number of carbonyl (C=O) groups excluding carboxylic acids is 1. The summed E-state index contributed by atoms with van der Waals surface area (Å²) in [5.74, 6) is -0.301. The molecular weight excluding hydrogens is 284 g/mol. The van der Waals surface area contributed by atoms with Crippen LogP contribution in [0, 0.1) is 0 Å². The average Bonchev–Trinajstić information content (AvgIpc) is 2.35. The number of carbonyl (C=O) groups is 1. The Morgan fingerprint density at radius 2 is 1.83 bits per heavy atom. The van der Waals surface area contributed by atoms with Gasteiger partial charge in [-0.3, -0.25) is 0 Å². The zero-order valence-electron chi connectivity index (χ0n) is 9.30. The van der Waals surface area contributed by atoms with Crippen LogP contribution in [0.2, 0.25) is 0 Å². The molecule has 18 heavy (non-hydrogen) atoms. The van der Waals surface area contributed by atoms with E-state index in [0.29, 0.717) is 13.2 Å². The monoisotopic (exact) mass is 292 g/mol. The molecular formula is C10H9ClO6S. The predicted molar refractivity (Wildman–Crippen MR) is 61.8 cm³/mol. The van der Waals surface area contributed by atoms with Crippen LogP contribution in [0.4, 0.5) is 0 Å². The molecule has 0 aromatic heterocycles. The van der Waals surface area contributed by atoms with E-state index in [1.165, 1.54) is 6.07 Å². The highest BCUT2D eigenvalue weighted by molar-refractivity contribution is 8.13. The average molecular weight is 293 g/mol. The SMILES string of the molecule is COC(=O)c1cc2c(cc1S(=O)(=O)Cl)OCCO2. The van der Waals surface area contributed by atoms with Crippen LogP contribution >= 0.6 is 10.7 Å². The molecule has 0 bridgehead atoms. The molecule has 0 radical (unpaired) electrons. The van der Waals surface area contributed by atoms with Gasteiger partial charge in [0.2, 0.25) is 0 Å². The van der Waals surface area contributed by atoms with E-state index >= 15 is 0 Å². The van der Waals surface area contributed by atoms with Gasteiger partial charge >= 0.3 is 5.97 Å². The minimum absolute atomic E-state index is 0.184. The highest BCUT2D eigenvalue weighted by Gasteiger charge is 2.26. The zero-order chi connectivity index (χ0) is 13.3. The highest BCUT2D eigenvalue weighted by atomic mass is 35.7. The van der Waals surface area contributed by atoms with Crippen molar-refractivity contribution < 1.29 is 27.4 Å². The van der Waals surface area contributed by atoms with E-state index in [9.17, 15) is 13.2 Å². The van der Waals surface area contributed by atoms with E-state index in [0.717, 1.165) is 13.2 Å². The maximum Gasteiger partial charge on any atom is 0.339 e. The molecule has 6 nitrogen and oxygen atoms in total. The van der Waals surface area contributed by atoms with Gasteiger partial charge < -0.3 is 14.2 Å². The summed E-state index contributed by atoms with van der Waals surface area (Å²) in [6.07, 6.45) is 0. The molecule has 1 heterocycles. The van der Waals surface area contributed by atoms with Crippen molar-refractivity contribution in [3.8, 4) is 11.5 Å². The first-order valence-electron chi connectivity index (χ1n) is 4.90. The summed E-state index contributed by atoms with van der Waals surface area (Å²) in [4.78, 5) is 11.2. The summed E-state index contributed by atoms with van der Waals surface area (Å²) < 4.78 is 37.8. The van der Waals surface area contributed by atoms with Gasteiger partial charge in [0.1, 0.15) is 18.1 Å². The molecule has 1 aromatic rings. The molecule has 98 valence electrons. The maximum atomic E-state index is 11.5. The molecule has 0 amide bonds. The fourth-order valence-corrected chi connectivity index (χ4v) is 2.58. The second-order valence-electron chi connectivity index (χ2n) is 3.42. The highest BCUT2D eigenvalue weighted by Crippen LogP contribution is 2.36. The number of benzene rings is 1. The van der Waals surface area contributed by atoms with Crippen LogP contribution in [0.25, 0.3) is 0 Å². The molecule has 0 unspecified atom stereocenters. The minimum Gasteiger partial charge on any atom is -0.486 e. The number of hydrogen-bond acceptors (Lipinski definition) is 6. The third-order valence-electron chi connectivity index (χ3n) is 2.31. The van der Waals surface area contributed by atoms with Gasteiger partial charge in [0.05, 0.1) is 12.7 Å². The molecule has 1 aliphatic rings. The maximum absolute atomic E-state index is 11.5. The summed E-state index contributed by atoms with van der Waals surface area (Å²) in [6, 6.07) is 2.40. The minimum atomic E-state index is -4.09. The van der Waals surface area contributed by atoms with Gasteiger partial charge in [0.25, 0.3) is 9.05 Å². The fourth-order valence-electron chi connectivity index (χ4n) is 1.54. The Labute approximate surface area is 108 Å². The number of ether oxygens (including phenoxy) is 3. The number of rotatable bonds is 2. The van der Waals surface area contributed by atoms with Crippen LogP contribution in [-0.4, -0.2) is 34.7 Å². The van der Waals surface area contributed by atoms with Gasteiger partial charge in [-0.2, -0.15) is 0 Å². The largest absolute Gasteiger partial charge is 0.486 e. The summed E-state index contributed by atoms with van der Waals surface area (Å²) >= 11 is 0. The van der Waals surface area contributed by atoms with E-state index in [1.54, 1.807) is 0 Å². The fraction of sp³-hybridized carbons (Fsp3) is 0.300. The molecule has 8 heteroatoms. The van der Waals surface area contributed by atoms with Crippen LogP contribution in [0.1, 0.15) is 10.4 Å². The van der Waals surface area contributed by atoms with Crippen molar-refractivity contribution >= 4 is 25.7 Å².